The molecule has 15 heavy (non-hydrogen) atoms. The first-order valence-corrected chi connectivity index (χ1v) is 4.70. The van der Waals surface area contributed by atoms with Gasteiger partial charge in [-0.05, 0) is 6.42 Å². The van der Waals surface area contributed by atoms with E-state index in [1.165, 1.54) is 10.9 Å². The number of amides is 1. The summed E-state index contributed by atoms with van der Waals surface area (Å²) in [5, 5.41) is 6.64. The zero-order valence-electron chi connectivity index (χ0n) is 8.44. The molecule has 1 aromatic heterocycles. The first-order chi connectivity index (χ1) is 7.22. The van der Waals surface area contributed by atoms with Crippen LogP contribution in [0, 0.1) is 12.3 Å². The summed E-state index contributed by atoms with van der Waals surface area (Å²) < 4.78 is 1.49. The topological polar surface area (TPSA) is 72.9 Å². The predicted molar refractivity (Wildman–Crippen MR) is 57.7 cm³/mol. The fourth-order valence-electron chi connectivity index (χ4n) is 1.09. The van der Waals surface area contributed by atoms with E-state index >= 15 is 0 Å². The fourth-order valence-corrected chi connectivity index (χ4v) is 1.09. The Bertz CT molecular complexity index is 364. The molecule has 0 atom stereocenters. The zero-order valence-corrected chi connectivity index (χ0v) is 8.44. The van der Waals surface area contributed by atoms with Crippen LogP contribution in [0.2, 0.25) is 0 Å². The van der Waals surface area contributed by atoms with Crippen LogP contribution in [0.1, 0.15) is 12.8 Å². The van der Waals surface area contributed by atoms with Crippen LogP contribution < -0.4 is 11.1 Å². The van der Waals surface area contributed by atoms with E-state index in [2.05, 4.69) is 16.3 Å². The van der Waals surface area contributed by atoms with Gasteiger partial charge in [-0.15, -0.1) is 12.3 Å². The average molecular weight is 206 g/mol. The SMILES string of the molecule is C#CCCCNC(=O)Cn1cc(N)cn1. The normalized spacial score (nSPS) is 9.53. The van der Waals surface area contributed by atoms with Gasteiger partial charge in [-0.25, -0.2) is 0 Å². The summed E-state index contributed by atoms with van der Waals surface area (Å²) in [4.78, 5) is 11.3. The number of hydrogen-bond acceptors (Lipinski definition) is 3. The Labute approximate surface area is 88.6 Å². The molecule has 1 rings (SSSR count). The highest BCUT2D eigenvalue weighted by Gasteiger charge is 2.02. The van der Waals surface area contributed by atoms with Crippen LogP contribution in [0.5, 0.6) is 0 Å². The Kier molecular flexibility index (Phi) is 4.23. The second-order valence-electron chi connectivity index (χ2n) is 3.13. The fraction of sp³-hybridized carbons (Fsp3) is 0.400. The second kappa shape index (κ2) is 5.70. The molecule has 3 N–H and O–H groups in total. The standard InChI is InChI=1S/C10H14N4O/c1-2-3-4-5-12-10(15)8-14-7-9(11)6-13-14/h1,6-7H,3-5,8,11H2,(H,12,15). The predicted octanol–water partition coefficient (Wildman–Crippen LogP) is -0.00510. The van der Waals surface area contributed by atoms with Gasteiger partial charge in [0.25, 0.3) is 0 Å². The average Bonchev–Trinajstić information content (AvgIpc) is 2.59. The molecule has 0 aliphatic rings. The Morgan fingerprint density at radius 2 is 2.53 bits per heavy atom. The Hall–Kier alpha value is -1.96. The lowest BCUT2D eigenvalue weighted by Crippen LogP contribution is -2.28. The third kappa shape index (κ3) is 4.18. The summed E-state index contributed by atoms with van der Waals surface area (Å²) in [6.07, 6.45) is 9.67. The lowest BCUT2D eigenvalue weighted by atomic mass is 10.3. The van der Waals surface area contributed by atoms with Gasteiger partial charge >= 0.3 is 0 Å². The van der Waals surface area contributed by atoms with E-state index in [-0.39, 0.29) is 12.5 Å². The van der Waals surface area contributed by atoms with E-state index < -0.39 is 0 Å². The molecule has 0 saturated heterocycles. The van der Waals surface area contributed by atoms with Gasteiger partial charge in [-0.1, -0.05) is 0 Å². The number of carbonyl (C=O) groups is 1. The smallest absolute Gasteiger partial charge is 0.241 e. The highest BCUT2D eigenvalue weighted by atomic mass is 16.2. The lowest BCUT2D eigenvalue weighted by molar-refractivity contribution is -0.121. The Morgan fingerprint density at radius 3 is 3.13 bits per heavy atom. The molecule has 0 aromatic carbocycles. The maximum atomic E-state index is 11.3. The highest BCUT2D eigenvalue weighted by Crippen LogP contribution is 1.96. The first kappa shape index (κ1) is 11.1. The van der Waals surface area contributed by atoms with Crippen molar-refractivity contribution in [3.8, 4) is 12.3 Å². The number of nitrogens with zero attached hydrogens (tertiary/aromatic N) is 2. The number of nitrogens with two attached hydrogens (primary N) is 1. The molecule has 5 nitrogen and oxygen atoms in total. The van der Waals surface area contributed by atoms with Crippen molar-refractivity contribution in [3.63, 3.8) is 0 Å². The summed E-state index contributed by atoms with van der Waals surface area (Å²) in [5.41, 5.74) is 6.01. The summed E-state index contributed by atoms with van der Waals surface area (Å²) in [6, 6.07) is 0. The van der Waals surface area contributed by atoms with E-state index in [0.29, 0.717) is 18.7 Å². The molecule has 0 unspecified atom stereocenters. The summed E-state index contributed by atoms with van der Waals surface area (Å²) in [7, 11) is 0. The van der Waals surface area contributed by atoms with E-state index in [1.807, 2.05) is 0 Å². The third-order valence-corrected chi connectivity index (χ3v) is 1.78. The number of carbonyl (C=O) groups excluding carboxylic acids is 1. The monoisotopic (exact) mass is 206 g/mol. The molecule has 0 aliphatic carbocycles. The van der Waals surface area contributed by atoms with Crippen molar-refractivity contribution in [2.24, 2.45) is 0 Å². The highest BCUT2D eigenvalue weighted by molar-refractivity contribution is 5.75. The maximum Gasteiger partial charge on any atom is 0.241 e. The number of anilines is 1. The van der Waals surface area contributed by atoms with Gasteiger partial charge in [0.2, 0.25) is 5.91 Å². The van der Waals surface area contributed by atoms with Crippen molar-refractivity contribution < 1.29 is 4.79 Å². The molecule has 80 valence electrons. The van der Waals surface area contributed by atoms with E-state index in [1.54, 1.807) is 6.20 Å². The Morgan fingerprint density at radius 1 is 1.73 bits per heavy atom. The van der Waals surface area contributed by atoms with Crippen LogP contribution in [0.4, 0.5) is 5.69 Å². The summed E-state index contributed by atoms with van der Waals surface area (Å²) >= 11 is 0. The minimum atomic E-state index is -0.0879. The van der Waals surface area contributed by atoms with E-state index in [9.17, 15) is 4.79 Å². The molecule has 1 heterocycles. The number of terminal acetylenes is 1. The van der Waals surface area contributed by atoms with Crippen LogP contribution in [0.3, 0.4) is 0 Å². The zero-order chi connectivity index (χ0) is 11.1. The molecule has 0 fully saturated rings. The molecule has 0 spiro atoms. The van der Waals surface area contributed by atoms with Gasteiger partial charge in [-0.3, -0.25) is 9.48 Å². The van der Waals surface area contributed by atoms with Crippen LogP contribution in [0.25, 0.3) is 0 Å². The molecule has 5 heteroatoms. The molecular formula is C10H14N4O. The van der Waals surface area contributed by atoms with Gasteiger partial charge in [0.1, 0.15) is 6.54 Å². The number of unbranched alkanes of at least 4 members (excludes halogenated alkanes) is 1. The number of nitrogens with one attached hydrogen (secondary N) is 1. The number of aromatic nitrogens is 2. The van der Waals surface area contributed by atoms with E-state index in [0.717, 1.165) is 6.42 Å². The van der Waals surface area contributed by atoms with Crippen LogP contribution in [0.15, 0.2) is 12.4 Å². The van der Waals surface area contributed by atoms with Gasteiger partial charge < -0.3 is 11.1 Å². The molecule has 1 amide bonds. The molecule has 0 saturated carbocycles. The quantitative estimate of drug-likeness (QED) is 0.526. The Balaban J connectivity index is 2.22. The summed E-state index contributed by atoms with van der Waals surface area (Å²) in [5.74, 6) is 2.42. The molecule has 0 radical (unpaired) electrons. The molecule has 0 bridgehead atoms. The van der Waals surface area contributed by atoms with E-state index in [4.69, 9.17) is 12.2 Å². The largest absolute Gasteiger partial charge is 0.396 e. The number of nitrogen functional groups attached to an aromatic ring is 1. The van der Waals surface area contributed by atoms with Crippen LogP contribution in [-0.4, -0.2) is 22.2 Å². The van der Waals surface area contributed by atoms with Crippen molar-refractivity contribution in [2.75, 3.05) is 12.3 Å². The minimum Gasteiger partial charge on any atom is -0.396 e. The van der Waals surface area contributed by atoms with Crippen molar-refractivity contribution >= 4 is 11.6 Å². The van der Waals surface area contributed by atoms with Crippen LogP contribution in [-0.2, 0) is 11.3 Å². The minimum absolute atomic E-state index is 0.0879. The number of rotatable bonds is 5. The molecular weight excluding hydrogens is 192 g/mol. The van der Waals surface area contributed by atoms with Gasteiger partial charge in [0.15, 0.2) is 0 Å². The lowest BCUT2D eigenvalue weighted by Gasteiger charge is -2.03. The van der Waals surface area contributed by atoms with Crippen molar-refractivity contribution in [1.82, 2.24) is 15.1 Å². The first-order valence-electron chi connectivity index (χ1n) is 4.70. The van der Waals surface area contributed by atoms with Gasteiger partial charge in [0.05, 0.1) is 11.9 Å². The number of hydrogen-bond donors (Lipinski definition) is 2. The third-order valence-electron chi connectivity index (χ3n) is 1.78. The van der Waals surface area contributed by atoms with Crippen molar-refractivity contribution in [1.29, 1.82) is 0 Å². The van der Waals surface area contributed by atoms with Crippen molar-refractivity contribution in [3.05, 3.63) is 12.4 Å². The van der Waals surface area contributed by atoms with Crippen LogP contribution >= 0.6 is 0 Å². The summed E-state index contributed by atoms with van der Waals surface area (Å²) in [6.45, 7) is 0.785. The molecule has 1 aromatic rings. The van der Waals surface area contributed by atoms with Gasteiger partial charge in [-0.2, -0.15) is 5.10 Å². The van der Waals surface area contributed by atoms with Gasteiger partial charge in [0, 0.05) is 19.2 Å². The molecule has 0 aliphatic heterocycles. The second-order valence-corrected chi connectivity index (χ2v) is 3.13. The maximum absolute atomic E-state index is 11.3. The van der Waals surface area contributed by atoms with Crippen molar-refractivity contribution in [2.45, 2.75) is 19.4 Å².